The van der Waals surface area contributed by atoms with Gasteiger partial charge < -0.3 is 10.4 Å². The van der Waals surface area contributed by atoms with Gasteiger partial charge in [-0.1, -0.05) is 25.1 Å². The van der Waals surface area contributed by atoms with E-state index in [0.717, 1.165) is 23.2 Å². The van der Waals surface area contributed by atoms with E-state index in [1.54, 1.807) is 4.90 Å². The number of hydrogen-bond acceptors (Lipinski definition) is 3. The van der Waals surface area contributed by atoms with Crippen LogP contribution in [-0.4, -0.2) is 41.0 Å². The molecule has 1 aromatic rings. The number of carbonyl (C=O) groups excluding carboxylic acids is 1. The van der Waals surface area contributed by atoms with Crippen LogP contribution < -0.4 is 5.32 Å². The third kappa shape index (κ3) is 5.19. The molecule has 0 spiro atoms. The molecule has 0 bridgehead atoms. The average molecular weight is 292 g/mol. The summed E-state index contributed by atoms with van der Waals surface area (Å²) in [4.78, 5) is 24.8. The van der Waals surface area contributed by atoms with Gasteiger partial charge in [0.15, 0.2) is 0 Å². The van der Waals surface area contributed by atoms with Gasteiger partial charge in [-0.05, 0) is 38.3 Å². The summed E-state index contributed by atoms with van der Waals surface area (Å²) in [5.41, 5.74) is 2.80. The molecule has 1 unspecified atom stereocenters. The van der Waals surface area contributed by atoms with E-state index in [9.17, 15) is 9.59 Å². The van der Waals surface area contributed by atoms with Crippen LogP contribution in [0.3, 0.4) is 0 Å². The molecule has 0 aliphatic heterocycles. The van der Waals surface area contributed by atoms with E-state index < -0.39 is 5.97 Å². The maximum Gasteiger partial charge on any atom is 0.317 e. The highest BCUT2D eigenvalue weighted by Gasteiger charge is 2.19. The highest BCUT2D eigenvalue weighted by atomic mass is 16.4. The summed E-state index contributed by atoms with van der Waals surface area (Å²) >= 11 is 0. The van der Waals surface area contributed by atoms with Crippen LogP contribution in [0.2, 0.25) is 0 Å². The first kappa shape index (κ1) is 17.2. The summed E-state index contributed by atoms with van der Waals surface area (Å²) in [6.45, 7) is 7.72. The van der Waals surface area contributed by atoms with Crippen molar-refractivity contribution in [2.75, 3.05) is 18.4 Å². The molecule has 5 heteroatoms. The zero-order chi connectivity index (χ0) is 16.0. The molecule has 0 radical (unpaired) electrons. The van der Waals surface area contributed by atoms with Crippen LogP contribution in [0.5, 0.6) is 0 Å². The Hall–Kier alpha value is -1.88. The number of nitrogens with one attached hydrogen (secondary N) is 1. The molecule has 0 aliphatic rings. The van der Waals surface area contributed by atoms with Crippen molar-refractivity contribution in [1.29, 1.82) is 0 Å². The second-order valence-electron chi connectivity index (χ2n) is 5.37. The SMILES string of the molecule is CCC(C)N(CC(=O)O)CC(=O)Nc1c(C)cccc1C. The number of hydrogen-bond donors (Lipinski definition) is 2. The molecule has 21 heavy (non-hydrogen) atoms. The number of carboxylic acid groups (broad SMARTS) is 1. The van der Waals surface area contributed by atoms with Crippen molar-refractivity contribution in [1.82, 2.24) is 4.90 Å². The molecule has 116 valence electrons. The predicted octanol–water partition coefficient (Wildman–Crippen LogP) is 2.43. The number of rotatable bonds is 7. The lowest BCUT2D eigenvalue weighted by Crippen LogP contribution is -2.42. The maximum absolute atomic E-state index is 12.2. The van der Waals surface area contributed by atoms with Crippen molar-refractivity contribution < 1.29 is 14.7 Å². The molecular formula is C16H24N2O3. The van der Waals surface area contributed by atoms with Gasteiger partial charge in [0, 0.05) is 11.7 Å². The van der Waals surface area contributed by atoms with Gasteiger partial charge in [0.05, 0.1) is 13.1 Å². The topological polar surface area (TPSA) is 69.6 Å². The van der Waals surface area contributed by atoms with E-state index in [4.69, 9.17) is 5.11 Å². The zero-order valence-corrected chi connectivity index (χ0v) is 13.1. The van der Waals surface area contributed by atoms with Gasteiger partial charge in [0.1, 0.15) is 0 Å². The number of carbonyl (C=O) groups is 2. The van der Waals surface area contributed by atoms with Crippen LogP contribution in [0.25, 0.3) is 0 Å². The van der Waals surface area contributed by atoms with Gasteiger partial charge in [0.25, 0.3) is 0 Å². The summed E-state index contributed by atoms with van der Waals surface area (Å²) in [7, 11) is 0. The van der Waals surface area contributed by atoms with Crippen molar-refractivity contribution >= 4 is 17.6 Å². The number of aryl methyl sites for hydroxylation is 2. The molecule has 5 nitrogen and oxygen atoms in total. The van der Waals surface area contributed by atoms with Crippen molar-refractivity contribution in [3.05, 3.63) is 29.3 Å². The molecule has 0 aliphatic carbocycles. The molecule has 2 N–H and O–H groups in total. The number of benzene rings is 1. The number of carboxylic acids is 1. The van der Waals surface area contributed by atoms with Crippen LogP contribution in [0.15, 0.2) is 18.2 Å². The fourth-order valence-corrected chi connectivity index (χ4v) is 2.17. The van der Waals surface area contributed by atoms with E-state index in [1.807, 2.05) is 45.9 Å². The first-order chi connectivity index (χ1) is 9.85. The number of aliphatic carboxylic acids is 1. The number of anilines is 1. The maximum atomic E-state index is 12.2. The molecule has 0 aromatic heterocycles. The van der Waals surface area contributed by atoms with Crippen molar-refractivity contribution in [2.24, 2.45) is 0 Å². The Morgan fingerprint density at radius 1 is 1.24 bits per heavy atom. The fourth-order valence-electron chi connectivity index (χ4n) is 2.17. The highest BCUT2D eigenvalue weighted by molar-refractivity contribution is 5.94. The molecule has 0 fully saturated rings. The predicted molar refractivity (Wildman–Crippen MR) is 83.5 cm³/mol. The van der Waals surface area contributed by atoms with Gasteiger partial charge in [-0.25, -0.2) is 0 Å². The Balaban J connectivity index is 2.76. The number of amides is 1. The summed E-state index contributed by atoms with van der Waals surface area (Å²) in [6.07, 6.45) is 0.796. The Kier molecular flexibility index (Phi) is 6.37. The zero-order valence-electron chi connectivity index (χ0n) is 13.1. The summed E-state index contributed by atoms with van der Waals surface area (Å²) in [5.74, 6) is -1.11. The quantitative estimate of drug-likeness (QED) is 0.810. The Labute approximate surface area is 126 Å². The van der Waals surface area contributed by atoms with Crippen LogP contribution in [0, 0.1) is 13.8 Å². The summed E-state index contributed by atoms with van der Waals surface area (Å²) < 4.78 is 0. The van der Waals surface area contributed by atoms with Crippen molar-refractivity contribution in [3.8, 4) is 0 Å². The van der Waals surface area contributed by atoms with Crippen LogP contribution >= 0.6 is 0 Å². The standard InChI is InChI=1S/C16H24N2O3/c1-5-13(4)18(10-15(20)21)9-14(19)17-16-11(2)7-6-8-12(16)3/h6-8,13H,5,9-10H2,1-4H3,(H,17,19)(H,20,21). The minimum absolute atomic E-state index is 0.0461. The van der Waals surface area contributed by atoms with Crippen molar-refractivity contribution in [3.63, 3.8) is 0 Å². The minimum Gasteiger partial charge on any atom is -0.480 e. The third-order valence-corrected chi connectivity index (χ3v) is 3.64. The van der Waals surface area contributed by atoms with Gasteiger partial charge >= 0.3 is 5.97 Å². The molecule has 0 saturated carbocycles. The normalized spacial score (nSPS) is 12.2. The summed E-state index contributed by atoms with van der Waals surface area (Å²) in [5, 5.41) is 11.8. The van der Waals surface area contributed by atoms with E-state index in [1.165, 1.54) is 0 Å². The van der Waals surface area contributed by atoms with Crippen LogP contribution in [0.4, 0.5) is 5.69 Å². The summed E-state index contributed by atoms with van der Waals surface area (Å²) in [6, 6.07) is 5.86. The van der Waals surface area contributed by atoms with Gasteiger partial charge in [-0.15, -0.1) is 0 Å². The Morgan fingerprint density at radius 3 is 2.29 bits per heavy atom. The molecule has 1 atom stereocenters. The fraction of sp³-hybridized carbons (Fsp3) is 0.500. The monoisotopic (exact) mass is 292 g/mol. The van der Waals surface area contributed by atoms with Gasteiger partial charge in [-0.3, -0.25) is 14.5 Å². The van der Waals surface area contributed by atoms with Crippen LogP contribution in [0.1, 0.15) is 31.4 Å². The molecule has 0 saturated heterocycles. The average Bonchev–Trinajstić information content (AvgIpc) is 2.41. The molecule has 1 amide bonds. The molecule has 1 rings (SSSR count). The second-order valence-corrected chi connectivity index (χ2v) is 5.37. The van der Waals surface area contributed by atoms with E-state index >= 15 is 0 Å². The van der Waals surface area contributed by atoms with Crippen LogP contribution in [-0.2, 0) is 9.59 Å². The smallest absolute Gasteiger partial charge is 0.317 e. The van der Waals surface area contributed by atoms with E-state index in [0.29, 0.717) is 0 Å². The lowest BCUT2D eigenvalue weighted by atomic mass is 10.1. The van der Waals surface area contributed by atoms with E-state index in [-0.39, 0.29) is 25.0 Å². The van der Waals surface area contributed by atoms with E-state index in [2.05, 4.69) is 5.32 Å². The van der Waals surface area contributed by atoms with Gasteiger partial charge in [-0.2, -0.15) is 0 Å². The second kappa shape index (κ2) is 7.78. The number of para-hydroxylation sites is 1. The first-order valence-corrected chi connectivity index (χ1v) is 7.17. The first-order valence-electron chi connectivity index (χ1n) is 7.17. The largest absolute Gasteiger partial charge is 0.480 e. The minimum atomic E-state index is -0.921. The molecule has 0 heterocycles. The Bertz CT molecular complexity index is 494. The molecular weight excluding hydrogens is 268 g/mol. The number of nitrogens with zero attached hydrogens (tertiary/aromatic N) is 1. The van der Waals surface area contributed by atoms with Crippen molar-refractivity contribution in [2.45, 2.75) is 40.2 Å². The van der Waals surface area contributed by atoms with Gasteiger partial charge in [0.2, 0.25) is 5.91 Å². The lowest BCUT2D eigenvalue weighted by Gasteiger charge is -2.26. The highest BCUT2D eigenvalue weighted by Crippen LogP contribution is 2.19. The lowest BCUT2D eigenvalue weighted by molar-refractivity contribution is -0.139. The third-order valence-electron chi connectivity index (χ3n) is 3.64. The Morgan fingerprint density at radius 2 is 1.81 bits per heavy atom. The molecule has 1 aromatic carbocycles.